The van der Waals surface area contributed by atoms with Crippen molar-refractivity contribution in [3.05, 3.63) is 62.3 Å². The molecule has 1 aliphatic heterocycles. The highest BCUT2D eigenvalue weighted by Gasteiger charge is 2.32. The van der Waals surface area contributed by atoms with E-state index in [9.17, 15) is 19.7 Å². The van der Waals surface area contributed by atoms with E-state index in [2.05, 4.69) is 0 Å². The highest BCUT2D eigenvalue weighted by atomic mass is 32.2. The fraction of sp³-hybridized carbons (Fsp3) is 0.176. The summed E-state index contributed by atoms with van der Waals surface area (Å²) in [7, 11) is 1.46. The van der Waals surface area contributed by atoms with Crippen molar-refractivity contribution in [3.8, 4) is 5.69 Å². The monoisotopic (exact) mass is 357 g/mol. The van der Waals surface area contributed by atoms with E-state index in [-0.39, 0.29) is 16.8 Å². The van der Waals surface area contributed by atoms with Gasteiger partial charge in [-0.2, -0.15) is 0 Å². The van der Waals surface area contributed by atoms with Crippen molar-refractivity contribution < 1.29 is 14.5 Å². The van der Waals surface area contributed by atoms with E-state index in [4.69, 9.17) is 0 Å². The lowest BCUT2D eigenvalue weighted by Gasteiger charge is -2.09. The summed E-state index contributed by atoms with van der Waals surface area (Å²) in [5.74, 6) is -0.310. The second-order valence-corrected chi connectivity index (χ2v) is 6.67. The number of hydrogen-bond acceptors (Lipinski definition) is 5. The summed E-state index contributed by atoms with van der Waals surface area (Å²) in [4.78, 5) is 35.5. The lowest BCUT2D eigenvalue weighted by Crippen LogP contribution is -2.22. The molecule has 0 aliphatic carbocycles. The zero-order valence-electron chi connectivity index (χ0n) is 13.8. The van der Waals surface area contributed by atoms with Crippen LogP contribution in [0, 0.1) is 24.0 Å². The van der Waals surface area contributed by atoms with Crippen LogP contribution in [0.1, 0.15) is 17.0 Å². The molecule has 2 aromatic rings. The Morgan fingerprint density at radius 3 is 2.32 bits per heavy atom. The van der Waals surface area contributed by atoms with Crippen LogP contribution in [0.5, 0.6) is 0 Å². The molecular weight excluding hydrogens is 342 g/mol. The lowest BCUT2D eigenvalue weighted by molar-refractivity contribution is -0.384. The molecule has 1 aromatic heterocycles. The van der Waals surface area contributed by atoms with Crippen molar-refractivity contribution >= 4 is 34.7 Å². The van der Waals surface area contributed by atoms with Gasteiger partial charge in [-0.15, -0.1) is 0 Å². The average molecular weight is 357 g/mol. The zero-order valence-corrected chi connectivity index (χ0v) is 14.7. The van der Waals surface area contributed by atoms with Gasteiger partial charge in [0.05, 0.1) is 9.83 Å². The molecule has 128 valence electrons. The molecule has 1 aliphatic rings. The predicted octanol–water partition coefficient (Wildman–Crippen LogP) is 3.67. The standard InChI is InChI=1S/C17H15N3O4S/c1-10-8-12(9-15-16(21)18(3)17(22)25-15)11(2)19(10)13-4-6-14(7-5-13)20(23)24/h4-9H,1-3H3/b15-9-. The molecule has 1 saturated heterocycles. The number of nitro benzene ring substituents is 1. The van der Waals surface area contributed by atoms with Gasteiger partial charge in [0.1, 0.15) is 0 Å². The quantitative estimate of drug-likeness (QED) is 0.475. The van der Waals surface area contributed by atoms with E-state index in [0.29, 0.717) is 4.91 Å². The number of non-ortho nitro benzene ring substituents is 1. The maximum absolute atomic E-state index is 12.0. The lowest BCUT2D eigenvalue weighted by atomic mass is 10.2. The summed E-state index contributed by atoms with van der Waals surface area (Å²) >= 11 is 0.916. The molecule has 2 amide bonds. The topological polar surface area (TPSA) is 85.5 Å². The molecule has 0 radical (unpaired) electrons. The predicted molar refractivity (Wildman–Crippen MR) is 95.6 cm³/mol. The molecule has 0 saturated carbocycles. The van der Waals surface area contributed by atoms with Gasteiger partial charge in [0.25, 0.3) is 16.8 Å². The van der Waals surface area contributed by atoms with Gasteiger partial charge in [-0.3, -0.25) is 24.6 Å². The molecule has 8 heteroatoms. The molecule has 0 unspecified atom stereocenters. The number of amides is 2. The van der Waals surface area contributed by atoms with E-state index in [1.165, 1.54) is 19.2 Å². The summed E-state index contributed by atoms with van der Waals surface area (Å²) in [6, 6.07) is 8.19. The molecular formula is C17H15N3O4S. The first-order valence-corrected chi connectivity index (χ1v) is 8.26. The summed E-state index contributed by atoms with van der Waals surface area (Å²) in [6.07, 6.45) is 1.71. The highest BCUT2D eigenvalue weighted by molar-refractivity contribution is 8.18. The van der Waals surface area contributed by atoms with Crippen LogP contribution in [0.15, 0.2) is 35.2 Å². The molecule has 1 aromatic carbocycles. The van der Waals surface area contributed by atoms with Crippen LogP contribution in [-0.4, -0.2) is 32.6 Å². The number of likely N-dealkylation sites (N-methyl/N-ethyl adjacent to an activating group) is 1. The van der Waals surface area contributed by atoms with E-state index in [1.807, 2.05) is 24.5 Å². The first kappa shape index (κ1) is 17.0. The summed E-state index contributed by atoms with van der Waals surface area (Å²) < 4.78 is 1.95. The largest absolute Gasteiger partial charge is 0.318 e. The first-order valence-electron chi connectivity index (χ1n) is 7.45. The van der Waals surface area contributed by atoms with Crippen molar-refractivity contribution in [2.75, 3.05) is 7.05 Å². The Morgan fingerprint density at radius 2 is 1.80 bits per heavy atom. The fourth-order valence-electron chi connectivity index (χ4n) is 2.74. The molecule has 25 heavy (non-hydrogen) atoms. The smallest absolute Gasteiger partial charge is 0.293 e. The highest BCUT2D eigenvalue weighted by Crippen LogP contribution is 2.32. The van der Waals surface area contributed by atoms with E-state index in [0.717, 1.165) is 39.3 Å². The molecule has 7 nitrogen and oxygen atoms in total. The third kappa shape index (κ3) is 2.96. The molecule has 0 atom stereocenters. The second-order valence-electron chi connectivity index (χ2n) is 5.68. The normalized spacial score (nSPS) is 16.1. The second kappa shape index (κ2) is 6.21. The van der Waals surface area contributed by atoms with Crippen LogP contribution >= 0.6 is 11.8 Å². The van der Waals surface area contributed by atoms with Gasteiger partial charge >= 0.3 is 0 Å². The van der Waals surface area contributed by atoms with Crippen LogP contribution in [-0.2, 0) is 4.79 Å². The minimum absolute atomic E-state index is 0.0306. The summed E-state index contributed by atoms with van der Waals surface area (Å²) in [5, 5.41) is 10.5. The number of carbonyl (C=O) groups is 2. The van der Waals surface area contributed by atoms with Crippen molar-refractivity contribution in [1.29, 1.82) is 0 Å². The van der Waals surface area contributed by atoms with Crippen molar-refractivity contribution in [1.82, 2.24) is 9.47 Å². The van der Waals surface area contributed by atoms with Gasteiger partial charge in [0, 0.05) is 36.3 Å². The number of nitrogens with zero attached hydrogens (tertiary/aromatic N) is 3. The Balaban J connectivity index is 2.01. The minimum Gasteiger partial charge on any atom is -0.318 e. The van der Waals surface area contributed by atoms with Crippen LogP contribution in [0.2, 0.25) is 0 Å². The number of aromatic nitrogens is 1. The van der Waals surface area contributed by atoms with Crippen molar-refractivity contribution in [3.63, 3.8) is 0 Å². The number of aryl methyl sites for hydroxylation is 1. The molecule has 0 N–H and O–H groups in total. The number of thioether (sulfide) groups is 1. The zero-order chi connectivity index (χ0) is 18.3. The van der Waals surface area contributed by atoms with Crippen LogP contribution in [0.4, 0.5) is 10.5 Å². The number of carbonyl (C=O) groups excluding carboxylic acids is 2. The van der Waals surface area contributed by atoms with Gasteiger partial charge < -0.3 is 4.57 Å². The maximum Gasteiger partial charge on any atom is 0.293 e. The molecule has 0 spiro atoms. The number of benzene rings is 1. The molecule has 1 fully saturated rings. The Kier molecular flexibility index (Phi) is 4.22. The Morgan fingerprint density at radius 1 is 1.16 bits per heavy atom. The molecule has 3 rings (SSSR count). The number of rotatable bonds is 3. The average Bonchev–Trinajstić information content (AvgIpc) is 2.98. The number of hydrogen-bond donors (Lipinski definition) is 0. The fourth-order valence-corrected chi connectivity index (χ4v) is 3.56. The minimum atomic E-state index is -0.439. The molecule has 0 bridgehead atoms. The maximum atomic E-state index is 12.0. The Hall–Kier alpha value is -2.87. The third-order valence-corrected chi connectivity index (χ3v) is 5.02. The SMILES string of the molecule is Cc1cc(/C=C2\SC(=O)N(C)C2=O)c(C)n1-c1ccc([N+](=O)[O-])cc1. The van der Waals surface area contributed by atoms with E-state index in [1.54, 1.807) is 18.2 Å². The third-order valence-electron chi connectivity index (χ3n) is 4.06. The van der Waals surface area contributed by atoms with E-state index >= 15 is 0 Å². The number of nitro groups is 1. The van der Waals surface area contributed by atoms with Gasteiger partial charge in [0.15, 0.2) is 0 Å². The summed E-state index contributed by atoms with van der Waals surface area (Å²) in [5.41, 5.74) is 3.46. The van der Waals surface area contributed by atoms with Gasteiger partial charge in [0.2, 0.25) is 0 Å². The van der Waals surface area contributed by atoms with Crippen LogP contribution in [0.25, 0.3) is 11.8 Å². The van der Waals surface area contributed by atoms with Crippen LogP contribution in [0.3, 0.4) is 0 Å². The molecule has 2 heterocycles. The van der Waals surface area contributed by atoms with Crippen molar-refractivity contribution in [2.45, 2.75) is 13.8 Å². The first-order chi connectivity index (χ1) is 11.8. The van der Waals surface area contributed by atoms with Gasteiger partial charge in [-0.1, -0.05) is 0 Å². The Labute approximate surface area is 148 Å². The summed E-state index contributed by atoms with van der Waals surface area (Å²) in [6.45, 7) is 3.81. The van der Waals surface area contributed by atoms with E-state index < -0.39 is 4.92 Å². The Bertz CT molecular complexity index is 928. The van der Waals surface area contributed by atoms with Crippen LogP contribution < -0.4 is 0 Å². The van der Waals surface area contributed by atoms with Gasteiger partial charge in [-0.05, 0) is 55.4 Å². The van der Waals surface area contributed by atoms with Crippen molar-refractivity contribution in [2.24, 2.45) is 0 Å². The van der Waals surface area contributed by atoms with Gasteiger partial charge in [-0.25, -0.2) is 0 Å². The number of imide groups is 1.